The molecule has 21 heavy (non-hydrogen) atoms. The van der Waals surface area contributed by atoms with Crippen LogP contribution in [0.25, 0.3) is 0 Å². The van der Waals surface area contributed by atoms with Gasteiger partial charge in [-0.3, -0.25) is 0 Å². The molecule has 1 heterocycles. The van der Waals surface area contributed by atoms with E-state index in [1.807, 2.05) is 44.2 Å². The van der Waals surface area contributed by atoms with Gasteiger partial charge < -0.3 is 14.9 Å². The number of benzene rings is 2. The van der Waals surface area contributed by atoms with Crippen LogP contribution in [0, 0.1) is 13.8 Å². The van der Waals surface area contributed by atoms with Crippen LogP contribution in [0.4, 0.5) is 0 Å². The van der Waals surface area contributed by atoms with Crippen molar-refractivity contribution >= 4 is 15.9 Å². The Morgan fingerprint density at radius 3 is 2.48 bits per heavy atom. The van der Waals surface area contributed by atoms with Crippen molar-refractivity contribution in [3.63, 3.8) is 0 Å². The topological polar surface area (TPSA) is 49.7 Å². The zero-order chi connectivity index (χ0) is 15.1. The van der Waals surface area contributed by atoms with Gasteiger partial charge in [0.25, 0.3) is 0 Å². The summed E-state index contributed by atoms with van der Waals surface area (Å²) in [7, 11) is 0. The van der Waals surface area contributed by atoms with Gasteiger partial charge in [0.1, 0.15) is 17.6 Å². The van der Waals surface area contributed by atoms with Gasteiger partial charge in [-0.2, -0.15) is 0 Å². The van der Waals surface area contributed by atoms with Crippen molar-refractivity contribution in [2.75, 3.05) is 0 Å². The lowest BCUT2D eigenvalue weighted by Gasteiger charge is -2.30. The molecule has 1 aliphatic heterocycles. The lowest BCUT2D eigenvalue weighted by Crippen LogP contribution is -2.19. The minimum atomic E-state index is -0.550. The smallest absolute Gasteiger partial charge is 0.127 e. The number of rotatable bonds is 1. The van der Waals surface area contributed by atoms with Crippen LogP contribution in [0.3, 0.4) is 0 Å². The second kappa shape index (κ2) is 5.35. The molecule has 3 rings (SSSR count). The van der Waals surface area contributed by atoms with Crippen LogP contribution >= 0.6 is 15.9 Å². The molecule has 0 amide bonds. The van der Waals surface area contributed by atoms with Crippen molar-refractivity contribution < 1.29 is 14.9 Å². The summed E-state index contributed by atoms with van der Waals surface area (Å²) in [5, 5.41) is 20.2. The van der Waals surface area contributed by atoms with Gasteiger partial charge in [0.05, 0.1) is 6.10 Å². The number of aromatic hydroxyl groups is 1. The molecule has 0 spiro atoms. The Kier molecular flexibility index (Phi) is 3.68. The Balaban J connectivity index is 1.98. The Morgan fingerprint density at radius 1 is 1.14 bits per heavy atom. The maximum atomic E-state index is 10.4. The largest absolute Gasteiger partial charge is 0.507 e. The molecule has 2 N–H and O–H groups in total. The van der Waals surface area contributed by atoms with E-state index in [2.05, 4.69) is 15.9 Å². The Bertz CT molecular complexity index is 673. The predicted octanol–water partition coefficient (Wildman–Crippen LogP) is 4.33. The molecular formula is C17H17BrO3. The summed E-state index contributed by atoms with van der Waals surface area (Å²) in [6.07, 6.45) is -0.245. The van der Waals surface area contributed by atoms with E-state index in [-0.39, 0.29) is 6.10 Å². The summed E-state index contributed by atoms with van der Waals surface area (Å²) in [5.74, 6) is 1.03. The van der Waals surface area contributed by atoms with Crippen LogP contribution in [-0.4, -0.2) is 10.2 Å². The fourth-order valence-electron chi connectivity index (χ4n) is 2.80. The molecule has 0 fully saturated rings. The Morgan fingerprint density at radius 2 is 1.81 bits per heavy atom. The summed E-state index contributed by atoms with van der Waals surface area (Å²) < 4.78 is 6.96. The number of aliphatic hydroxyl groups is 1. The van der Waals surface area contributed by atoms with Crippen molar-refractivity contribution in [2.24, 2.45) is 0 Å². The summed E-state index contributed by atoms with van der Waals surface area (Å²) in [4.78, 5) is 0. The van der Waals surface area contributed by atoms with Crippen molar-refractivity contribution in [2.45, 2.75) is 32.5 Å². The summed E-state index contributed by atoms with van der Waals surface area (Å²) in [6, 6.07) is 9.51. The molecule has 2 aromatic rings. The van der Waals surface area contributed by atoms with E-state index in [4.69, 9.17) is 4.74 Å². The summed E-state index contributed by atoms with van der Waals surface area (Å²) in [6.45, 7) is 3.74. The Labute approximate surface area is 132 Å². The first kappa shape index (κ1) is 14.4. The molecule has 110 valence electrons. The monoisotopic (exact) mass is 348 g/mol. The molecule has 0 radical (unpaired) electrons. The zero-order valence-corrected chi connectivity index (χ0v) is 13.5. The molecular weight excluding hydrogens is 332 g/mol. The van der Waals surface area contributed by atoms with Gasteiger partial charge in [-0.25, -0.2) is 0 Å². The number of hydrogen-bond donors (Lipinski definition) is 2. The second-order valence-corrected chi connectivity index (χ2v) is 6.46. The van der Waals surface area contributed by atoms with Crippen LogP contribution in [0.5, 0.6) is 11.5 Å². The van der Waals surface area contributed by atoms with E-state index in [0.717, 1.165) is 26.7 Å². The van der Waals surface area contributed by atoms with E-state index in [9.17, 15) is 10.2 Å². The molecule has 0 bridgehead atoms. The highest BCUT2D eigenvalue weighted by molar-refractivity contribution is 9.10. The average molecular weight is 349 g/mol. The molecule has 2 atom stereocenters. The highest BCUT2D eigenvalue weighted by Crippen LogP contribution is 2.42. The van der Waals surface area contributed by atoms with Gasteiger partial charge in [-0.05, 0) is 60.9 Å². The molecule has 0 aliphatic carbocycles. The minimum absolute atomic E-state index is 0.202. The first-order valence-electron chi connectivity index (χ1n) is 6.90. The van der Waals surface area contributed by atoms with Gasteiger partial charge in [0.15, 0.2) is 0 Å². The van der Waals surface area contributed by atoms with Gasteiger partial charge in [0.2, 0.25) is 0 Å². The number of aryl methyl sites for hydroxylation is 2. The van der Waals surface area contributed by atoms with Crippen molar-refractivity contribution in [1.82, 2.24) is 0 Å². The SMILES string of the molecule is Cc1cc(C2C[C@@H](O)c3cc(Br)ccc3O2)cc(C)c1O. The lowest BCUT2D eigenvalue weighted by molar-refractivity contribution is 0.0656. The highest BCUT2D eigenvalue weighted by Gasteiger charge is 2.28. The third kappa shape index (κ3) is 2.65. The van der Waals surface area contributed by atoms with Crippen LogP contribution in [-0.2, 0) is 0 Å². The summed E-state index contributed by atoms with van der Waals surface area (Å²) >= 11 is 3.41. The third-order valence-corrected chi connectivity index (χ3v) is 4.42. The predicted molar refractivity (Wildman–Crippen MR) is 84.7 cm³/mol. The quantitative estimate of drug-likeness (QED) is 0.806. The molecule has 0 aromatic heterocycles. The highest BCUT2D eigenvalue weighted by atomic mass is 79.9. The normalized spacial score (nSPS) is 20.8. The molecule has 1 unspecified atom stereocenters. The number of phenolic OH excluding ortho intramolecular Hbond substituents is 1. The lowest BCUT2D eigenvalue weighted by atomic mass is 9.93. The van der Waals surface area contributed by atoms with Crippen LogP contribution in [0.1, 0.15) is 40.9 Å². The number of ether oxygens (including phenoxy) is 1. The number of hydrogen-bond acceptors (Lipinski definition) is 3. The number of fused-ring (bicyclic) bond motifs is 1. The van der Waals surface area contributed by atoms with Gasteiger partial charge in [-0.15, -0.1) is 0 Å². The number of aliphatic hydroxyl groups excluding tert-OH is 1. The summed E-state index contributed by atoms with van der Waals surface area (Å²) in [5.41, 5.74) is 3.44. The zero-order valence-electron chi connectivity index (χ0n) is 11.9. The van der Waals surface area contributed by atoms with Gasteiger partial charge >= 0.3 is 0 Å². The fraction of sp³-hybridized carbons (Fsp3) is 0.294. The van der Waals surface area contributed by atoms with E-state index in [1.165, 1.54) is 0 Å². The van der Waals surface area contributed by atoms with Crippen LogP contribution < -0.4 is 4.74 Å². The van der Waals surface area contributed by atoms with Gasteiger partial charge in [0, 0.05) is 16.5 Å². The van der Waals surface area contributed by atoms with Crippen molar-refractivity contribution in [3.8, 4) is 11.5 Å². The first-order chi connectivity index (χ1) is 9.95. The van der Waals surface area contributed by atoms with Crippen molar-refractivity contribution in [3.05, 3.63) is 57.1 Å². The fourth-order valence-corrected chi connectivity index (χ4v) is 3.18. The minimum Gasteiger partial charge on any atom is -0.507 e. The second-order valence-electron chi connectivity index (χ2n) is 5.54. The maximum Gasteiger partial charge on any atom is 0.127 e. The average Bonchev–Trinajstić information content (AvgIpc) is 2.44. The van der Waals surface area contributed by atoms with E-state index in [0.29, 0.717) is 17.9 Å². The van der Waals surface area contributed by atoms with E-state index in [1.54, 1.807) is 0 Å². The van der Waals surface area contributed by atoms with Crippen LogP contribution in [0.2, 0.25) is 0 Å². The van der Waals surface area contributed by atoms with Crippen LogP contribution in [0.15, 0.2) is 34.8 Å². The first-order valence-corrected chi connectivity index (χ1v) is 7.69. The standard InChI is InChI=1S/C17H17BrO3/c1-9-5-11(6-10(2)17(9)20)16-8-14(19)13-7-12(18)3-4-15(13)21-16/h3-7,14,16,19-20H,8H2,1-2H3/t14-,16?/m1/s1. The molecule has 4 heteroatoms. The Hall–Kier alpha value is -1.52. The van der Waals surface area contributed by atoms with E-state index >= 15 is 0 Å². The molecule has 3 nitrogen and oxygen atoms in total. The molecule has 0 saturated heterocycles. The maximum absolute atomic E-state index is 10.4. The van der Waals surface area contributed by atoms with E-state index < -0.39 is 6.10 Å². The molecule has 2 aromatic carbocycles. The molecule has 0 saturated carbocycles. The third-order valence-electron chi connectivity index (χ3n) is 3.92. The van der Waals surface area contributed by atoms with Gasteiger partial charge in [-0.1, -0.05) is 15.9 Å². The number of halogens is 1. The number of phenols is 1. The molecule has 1 aliphatic rings. The van der Waals surface area contributed by atoms with Crippen molar-refractivity contribution in [1.29, 1.82) is 0 Å².